The number of amides is 1. The first kappa shape index (κ1) is 18.3. The first-order chi connectivity index (χ1) is 12.3. The van der Waals surface area contributed by atoms with Crippen molar-refractivity contribution >= 4 is 11.9 Å². The molecule has 0 saturated heterocycles. The molecule has 0 heterocycles. The van der Waals surface area contributed by atoms with Crippen LogP contribution in [-0.4, -0.2) is 23.0 Å². The number of aliphatic carboxylic acids is 1. The van der Waals surface area contributed by atoms with Crippen molar-refractivity contribution in [3.63, 3.8) is 0 Å². The van der Waals surface area contributed by atoms with Gasteiger partial charge in [0.25, 0.3) is 0 Å². The largest absolute Gasteiger partial charge is 0.474 e. The number of rotatable bonds is 1. The van der Waals surface area contributed by atoms with Crippen molar-refractivity contribution in [3.05, 3.63) is 0 Å². The van der Waals surface area contributed by atoms with Gasteiger partial charge in [-0.25, -0.2) is 4.79 Å². The van der Waals surface area contributed by atoms with Crippen LogP contribution in [0.25, 0.3) is 0 Å². The van der Waals surface area contributed by atoms with Crippen molar-refractivity contribution in [2.24, 2.45) is 40.4 Å². The van der Waals surface area contributed by atoms with E-state index in [2.05, 4.69) is 26.1 Å². The molecular formula is C22H35NO3. The standard InChI is InChI=1S/C22H35NO3/c1-13-4-7-17-16-6-5-14-12-15(23-19(24)20(25)26)8-10-22(14,3)18(16)9-11-21(13,17)2/h13-18H,4-12H2,1-3H3,(H,23,24)(H,25,26)/t13-,14+,15+,16-,17-,18-,21+,22-/m0/s1. The second-order valence-corrected chi connectivity index (χ2v) is 10.4. The smallest absolute Gasteiger partial charge is 0.394 e. The molecule has 0 aromatic heterocycles. The second kappa shape index (κ2) is 6.24. The molecule has 146 valence electrons. The van der Waals surface area contributed by atoms with Crippen LogP contribution >= 0.6 is 0 Å². The van der Waals surface area contributed by atoms with Crippen molar-refractivity contribution in [1.29, 1.82) is 0 Å². The second-order valence-electron chi connectivity index (χ2n) is 10.4. The van der Waals surface area contributed by atoms with Gasteiger partial charge in [-0.15, -0.1) is 0 Å². The molecule has 0 unspecified atom stereocenters. The first-order valence-corrected chi connectivity index (χ1v) is 10.8. The highest BCUT2D eigenvalue weighted by atomic mass is 16.4. The Morgan fingerprint density at radius 2 is 1.62 bits per heavy atom. The van der Waals surface area contributed by atoms with Crippen LogP contribution in [0.4, 0.5) is 0 Å². The lowest BCUT2D eigenvalue weighted by Crippen LogP contribution is -2.55. The minimum absolute atomic E-state index is 0.0496. The fourth-order valence-electron chi connectivity index (χ4n) is 7.90. The summed E-state index contributed by atoms with van der Waals surface area (Å²) < 4.78 is 0. The summed E-state index contributed by atoms with van der Waals surface area (Å²) in [6, 6.07) is 0.0496. The molecule has 1 amide bonds. The topological polar surface area (TPSA) is 66.4 Å². The molecule has 4 aliphatic carbocycles. The van der Waals surface area contributed by atoms with E-state index in [9.17, 15) is 9.59 Å². The Hall–Kier alpha value is -1.06. The Morgan fingerprint density at radius 1 is 0.923 bits per heavy atom. The molecule has 4 aliphatic rings. The fraction of sp³-hybridized carbons (Fsp3) is 0.909. The fourth-order valence-corrected chi connectivity index (χ4v) is 7.90. The van der Waals surface area contributed by atoms with Gasteiger partial charge in [0.1, 0.15) is 0 Å². The molecule has 4 heteroatoms. The van der Waals surface area contributed by atoms with Crippen LogP contribution in [0.5, 0.6) is 0 Å². The van der Waals surface area contributed by atoms with E-state index >= 15 is 0 Å². The maximum absolute atomic E-state index is 11.6. The molecule has 0 bridgehead atoms. The Morgan fingerprint density at radius 3 is 2.35 bits per heavy atom. The molecule has 26 heavy (non-hydrogen) atoms. The maximum Gasteiger partial charge on any atom is 0.394 e. The number of nitrogens with one attached hydrogen (secondary N) is 1. The van der Waals surface area contributed by atoms with Gasteiger partial charge in [-0.1, -0.05) is 20.8 Å². The van der Waals surface area contributed by atoms with Gasteiger partial charge in [-0.3, -0.25) is 4.79 Å². The molecular weight excluding hydrogens is 326 g/mol. The molecule has 4 rings (SSSR count). The van der Waals surface area contributed by atoms with Gasteiger partial charge in [0, 0.05) is 6.04 Å². The van der Waals surface area contributed by atoms with Crippen LogP contribution in [0.3, 0.4) is 0 Å². The number of hydrogen-bond acceptors (Lipinski definition) is 2. The van der Waals surface area contributed by atoms with E-state index in [1.807, 2.05) is 0 Å². The lowest BCUT2D eigenvalue weighted by Gasteiger charge is -2.61. The van der Waals surface area contributed by atoms with E-state index in [-0.39, 0.29) is 6.04 Å². The quantitative estimate of drug-likeness (QED) is 0.687. The molecule has 0 aliphatic heterocycles. The average Bonchev–Trinajstić information content (AvgIpc) is 2.90. The summed E-state index contributed by atoms with van der Waals surface area (Å²) in [6.45, 7) is 7.56. The van der Waals surface area contributed by atoms with E-state index < -0.39 is 11.9 Å². The van der Waals surface area contributed by atoms with E-state index in [1.165, 1.54) is 38.5 Å². The highest BCUT2D eigenvalue weighted by Gasteiger charge is 2.59. The summed E-state index contributed by atoms with van der Waals surface area (Å²) in [7, 11) is 0. The lowest BCUT2D eigenvalue weighted by molar-refractivity contribution is -0.151. The third kappa shape index (κ3) is 2.62. The third-order valence-corrected chi connectivity index (χ3v) is 9.67. The Bertz CT molecular complexity index is 604. The van der Waals surface area contributed by atoms with Crippen LogP contribution in [0.2, 0.25) is 0 Å². The van der Waals surface area contributed by atoms with Crippen molar-refractivity contribution < 1.29 is 14.7 Å². The average molecular weight is 362 g/mol. The molecule has 0 spiro atoms. The van der Waals surface area contributed by atoms with Crippen molar-refractivity contribution in [2.45, 2.75) is 84.6 Å². The number of fused-ring (bicyclic) bond motifs is 5. The predicted molar refractivity (Wildman–Crippen MR) is 100 cm³/mol. The van der Waals surface area contributed by atoms with Crippen LogP contribution in [-0.2, 0) is 9.59 Å². The summed E-state index contributed by atoms with van der Waals surface area (Å²) in [6.07, 6.45) is 11.3. The summed E-state index contributed by atoms with van der Waals surface area (Å²) in [5.74, 6) is 1.97. The van der Waals surface area contributed by atoms with E-state index in [0.29, 0.717) is 16.7 Å². The van der Waals surface area contributed by atoms with Crippen LogP contribution in [0, 0.1) is 40.4 Å². The number of hydrogen-bond donors (Lipinski definition) is 2. The molecule has 2 N–H and O–H groups in total. The van der Waals surface area contributed by atoms with Gasteiger partial charge in [0.05, 0.1) is 0 Å². The van der Waals surface area contributed by atoms with Crippen molar-refractivity contribution in [2.75, 3.05) is 0 Å². The van der Waals surface area contributed by atoms with Crippen LogP contribution < -0.4 is 5.32 Å². The summed E-state index contributed by atoms with van der Waals surface area (Å²) in [5.41, 5.74) is 0.956. The van der Waals surface area contributed by atoms with Crippen LogP contribution in [0.1, 0.15) is 78.6 Å². The third-order valence-electron chi connectivity index (χ3n) is 9.67. The molecule has 8 atom stereocenters. The van der Waals surface area contributed by atoms with Crippen LogP contribution in [0.15, 0.2) is 0 Å². The molecule has 4 nitrogen and oxygen atoms in total. The van der Waals surface area contributed by atoms with Gasteiger partial charge < -0.3 is 10.4 Å². The monoisotopic (exact) mass is 361 g/mol. The van der Waals surface area contributed by atoms with Gasteiger partial charge in [0.15, 0.2) is 0 Å². The number of carbonyl (C=O) groups excluding carboxylic acids is 1. The molecule has 4 fully saturated rings. The number of carboxylic acids is 1. The maximum atomic E-state index is 11.6. The Kier molecular flexibility index (Phi) is 4.39. The summed E-state index contributed by atoms with van der Waals surface area (Å²) >= 11 is 0. The first-order valence-electron chi connectivity index (χ1n) is 10.8. The highest BCUT2D eigenvalue weighted by Crippen LogP contribution is 2.67. The van der Waals surface area contributed by atoms with E-state index in [0.717, 1.165) is 42.9 Å². The molecule has 4 saturated carbocycles. The normalized spacial score (nSPS) is 50.3. The van der Waals surface area contributed by atoms with Gasteiger partial charge in [-0.05, 0) is 98.2 Å². The van der Waals surface area contributed by atoms with E-state index in [1.54, 1.807) is 0 Å². The SMILES string of the molecule is C[C@H]1CC[C@H]2[C@@H]3CC[C@@H]4C[C@H](NC(=O)C(=O)O)CC[C@]4(C)[C@H]3CC[C@]12C. The molecule has 0 aromatic carbocycles. The van der Waals surface area contributed by atoms with Crippen molar-refractivity contribution in [3.8, 4) is 0 Å². The Balaban J connectivity index is 1.49. The van der Waals surface area contributed by atoms with E-state index in [4.69, 9.17) is 5.11 Å². The minimum Gasteiger partial charge on any atom is -0.474 e. The minimum atomic E-state index is -1.36. The highest BCUT2D eigenvalue weighted by molar-refractivity contribution is 6.31. The van der Waals surface area contributed by atoms with Gasteiger partial charge >= 0.3 is 11.9 Å². The molecule has 0 radical (unpaired) electrons. The zero-order valence-electron chi connectivity index (χ0n) is 16.6. The zero-order chi connectivity index (χ0) is 18.7. The number of carbonyl (C=O) groups is 2. The number of carboxylic acid groups (broad SMARTS) is 1. The summed E-state index contributed by atoms with van der Waals surface area (Å²) in [5, 5.41) is 11.6. The van der Waals surface area contributed by atoms with Gasteiger partial charge in [0.2, 0.25) is 0 Å². The van der Waals surface area contributed by atoms with Gasteiger partial charge in [-0.2, -0.15) is 0 Å². The molecule has 0 aromatic rings. The summed E-state index contributed by atoms with van der Waals surface area (Å²) in [4.78, 5) is 22.4. The predicted octanol–water partition coefficient (Wildman–Crippen LogP) is 4.23. The Labute approximate surface area is 157 Å². The zero-order valence-corrected chi connectivity index (χ0v) is 16.6. The lowest BCUT2D eigenvalue weighted by atomic mass is 9.44. The van der Waals surface area contributed by atoms with Crippen molar-refractivity contribution in [1.82, 2.24) is 5.32 Å².